The highest BCUT2D eigenvalue weighted by atomic mass is 16.2. The monoisotopic (exact) mass is 232 g/mol. The Morgan fingerprint density at radius 2 is 1.53 bits per heavy atom. The van der Waals surface area contributed by atoms with Crippen LogP contribution in [-0.4, -0.2) is 21.8 Å². The van der Waals surface area contributed by atoms with Crippen LogP contribution in [0.25, 0.3) is 0 Å². The van der Waals surface area contributed by atoms with E-state index in [0.29, 0.717) is 30.3 Å². The molecule has 0 saturated carbocycles. The second kappa shape index (κ2) is 3.03. The Balaban J connectivity index is 2.29. The zero-order valence-electron chi connectivity index (χ0n) is 9.63. The van der Waals surface area contributed by atoms with Crippen LogP contribution in [0.2, 0.25) is 0 Å². The number of carbonyl (C=O) groups is 2. The molecule has 0 radical (unpaired) electrons. The first-order chi connectivity index (χ1) is 7.98. The molecule has 0 bridgehead atoms. The standard InChI is InChI=1S/C11H12N4O2/c1-5-12-9-8-10(13-5)15-7(17)4-11(8,2)3-6(16)14-9/h3-4H2,1-2H3,(H2,12,13,14,15,16,17). The van der Waals surface area contributed by atoms with Crippen LogP contribution in [-0.2, 0) is 15.0 Å². The van der Waals surface area contributed by atoms with Crippen molar-refractivity contribution in [3.05, 3.63) is 11.4 Å². The van der Waals surface area contributed by atoms with Gasteiger partial charge in [-0.2, -0.15) is 0 Å². The SMILES string of the molecule is Cc1nc2c3c(n1)NC(=O)CC3(C)CC(=O)N2. The minimum atomic E-state index is -0.483. The minimum Gasteiger partial charge on any atom is -0.310 e. The zero-order valence-corrected chi connectivity index (χ0v) is 9.63. The number of nitrogens with zero attached hydrogens (tertiary/aromatic N) is 2. The Morgan fingerprint density at radius 3 is 2.00 bits per heavy atom. The van der Waals surface area contributed by atoms with Crippen LogP contribution in [0, 0.1) is 6.92 Å². The molecule has 2 N–H and O–H groups in total. The zero-order chi connectivity index (χ0) is 12.2. The molecule has 0 saturated heterocycles. The second-order valence-electron chi connectivity index (χ2n) is 4.85. The molecular weight excluding hydrogens is 220 g/mol. The van der Waals surface area contributed by atoms with Crippen molar-refractivity contribution in [2.24, 2.45) is 0 Å². The lowest BCUT2D eigenvalue weighted by molar-refractivity contribution is -0.120. The van der Waals surface area contributed by atoms with Gasteiger partial charge < -0.3 is 10.6 Å². The van der Waals surface area contributed by atoms with Crippen LogP contribution in [0.4, 0.5) is 11.6 Å². The van der Waals surface area contributed by atoms with Gasteiger partial charge in [-0.1, -0.05) is 6.92 Å². The predicted molar refractivity (Wildman–Crippen MR) is 60.6 cm³/mol. The highest BCUT2D eigenvalue weighted by Crippen LogP contribution is 2.45. The van der Waals surface area contributed by atoms with Gasteiger partial charge in [-0.15, -0.1) is 0 Å². The third-order valence-electron chi connectivity index (χ3n) is 3.24. The van der Waals surface area contributed by atoms with E-state index in [0.717, 1.165) is 5.56 Å². The lowest BCUT2D eigenvalue weighted by Crippen LogP contribution is -2.43. The van der Waals surface area contributed by atoms with Crippen LogP contribution in [0.1, 0.15) is 31.2 Å². The lowest BCUT2D eigenvalue weighted by atomic mass is 9.73. The first kappa shape index (κ1) is 10.2. The van der Waals surface area contributed by atoms with Gasteiger partial charge in [0.2, 0.25) is 11.8 Å². The molecule has 0 fully saturated rings. The molecule has 88 valence electrons. The van der Waals surface area contributed by atoms with Gasteiger partial charge in [-0.05, 0) is 6.92 Å². The van der Waals surface area contributed by atoms with Gasteiger partial charge in [-0.25, -0.2) is 9.97 Å². The third-order valence-corrected chi connectivity index (χ3v) is 3.24. The summed E-state index contributed by atoms with van der Waals surface area (Å²) < 4.78 is 0. The number of anilines is 2. The molecule has 1 aromatic rings. The summed E-state index contributed by atoms with van der Waals surface area (Å²) in [4.78, 5) is 31.8. The number of amides is 2. The average molecular weight is 232 g/mol. The Morgan fingerprint density at radius 1 is 1.06 bits per heavy atom. The fraction of sp³-hybridized carbons (Fsp3) is 0.455. The molecule has 2 aliphatic heterocycles. The van der Waals surface area contributed by atoms with E-state index in [1.807, 2.05) is 6.92 Å². The van der Waals surface area contributed by atoms with E-state index in [9.17, 15) is 9.59 Å². The summed E-state index contributed by atoms with van der Waals surface area (Å²) in [5.41, 5.74) is 0.366. The highest BCUT2D eigenvalue weighted by molar-refractivity contribution is 6.02. The molecule has 17 heavy (non-hydrogen) atoms. The Kier molecular flexibility index (Phi) is 1.81. The Hall–Kier alpha value is -1.98. The van der Waals surface area contributed by atoms with E-state index in [1.165, 1.54) is 0 Å². The smallest absolute Gasteiger partial charge is 0.226 e. The van der Waals surface area contributed by atoms with E-state index in [-0.39, 0.29) is 11.8 Å². The van der Waals surface area contributed by atoms with Crippen molar-refractivity contribution in [3.63, 3.8) is 0 Å². The summed E-state index contributed by atoms with van der Waals surface area (Å²) in [6.45, 7) is 3.64. The predicted octanol–water partition coefficient (Wildman–Crippen LogP) is 0.727. The molecule has 0 atom stereocenters. The molecule has 0 aromatic carbocycles. The highest BCUT2D eigenvalue weighted by Gasteiger charge is 2.44. The molecular formula is C11H12N4O2. The summed E-state index contributed by atoms with van der Waals surface area (Å²) in [5.74, 6) is 1.40. The summed E-state index contributed by atoms with van der Waals surface area (Å²) in [7, 11) is 0. The number of hydrogen-bond donors (Lipinski definition) is 2. The first-order valence-electron chi connectivity index (χ1n) is 5.47. The quantitative estimate of drug-likeness (QED) is 0.690. The van der Waals surface area contributed by atoms with Crippen LogP contribution >= 0.6 is 0 Å². The van der Waals surface area contributed by atoms with Crippen molar-refractivity contribution in [2.45, 2.75) is 32.1 Å². The molecule has 0 aliphatic carbocycles. The second-order valence-corrected chi connectivity index (χ2v) is 4.85. The van der Waals surface area contributed by atoms with Crippen LogP contribution in [0.5, 0.6) is 0 Å². The molecule has 2 amide bonds. The molecule has 3 heterocycles. The van der Waals surface area contributed by atoms with Crippen molar-refractivity contribution >= 4 is 23.5 Å². The third kappa shape index (κ3) is 1.40. The summed E-state index contributed by atoms with van der Waals surface area (Å²) in [6.07, 6.45) is 0.597. The van der Waals surface area contributed by atoms with Gasteiger partial charge in [0.15, 0.2) is 0 Å². The number of aromatic nitrogens is 2. The molecule has 3 rings (SSSR count). The topological polar surface area (TPSA) is 84.0 Å². The summed E-state index contributed by atoms with van der Waals surface area (Å²) >= 11 is 0. The van der Waals surface area contributed by atoms with E-state index in [4.69, 9.17) is 0 Å². The Bertz CT molecular complexity index is 511. The number of aryl methyl sites for hydroxylation is 1. The molecule has 1 aromatic heterocycles. The maximum absolute atomic E-state index is 11.7. The average Bonchev–Trinajstić information content (AvgIpc) is 2.11. The van der Waals surface area contributed by atoms with Crippen molar-refractivity contribution in [1.29, 1.82) is 0 Å². The van der Waals surface area contributed by atoms with Gasteiger partial charge in [0.1, 0.15) is 17.5 Å². The van der Waals surface area contributed by atoms with Crippen LogP contribution in [0.3, 0.4) is 0 Å². The van der Waals surface area contributed by atoms with Gasteiger partial charge in [0.05, 0.1) is 0 Å². The van der Waals surface area contributed by atoms with Gasteiger partial charge in [0.25, 0.3) is 0 Å². The van der Waals surface area contributed by atoms with Gasteiger partial charge >= 0.3 is 0 Å². The van der Waals surface area contributed by atoms with E-state index >= 15 is 0 Å². The number of nitrogens with one attached hydrogen (secondary N) is 2. The minimum absolute atomic E-state index is 0.0984. The van der Waals surface area contributed by atoms with Gasteiger partial charge in [-0.3, -0.25) is 9.59 Å². The van der Waals surface area contributed by atoms with E-state index in [1.54, 1.807) is 6.92 Å². The van der Waals surface area contributed by atoms with Crippen molar-refractivity contribution in [2.75, 3.05) is 10.6 Å². The summed E-state index contributed by atoms with van der Waals surface area (Å²) in [5, 5.41) is 5.48. The molecule has 6 heteroatoms. The first-order valence-corrected chi connectivity index (χ1v) is 5.47. The van der Waals surface area contributed by atoms with Crippen LogP contribution < -0.4 is 10.6 Å². The molecule has 2 aliphatic rings. The normalized spacial score (nSPS) is 20.4. The Labute approximate surface area is 97.8 Å². The lowest BCUT2D eigenvalue weighted by Gasteiger charge is -2.38. The van der Waals surface area contributed by atoms with Crippen molar-refractivity contribution in [1.82, 2.24) is 9.97 Å². The van der Waals surface area contributed by atoms with Gasteiger partial charge in [0, 0.05) is 23.8 Å². The van der Waals surface area contributed by atoms with Crippen molar-refractivity contribution < 1.29 is 9.59 Å². The number of hydrogen-bond acceptors (Lipinski definition) is 4. The molecule has 0 unspecified atom stereocenters. The van der Waals surface area contributed by atoms with Crippen LogP contribution in [0.15, 0.2) is 0 Å². The largest absolute Gasteiger partial charge is 0.310 e. The fourth-order valence-corrected chi connectivity index (χ4v) is 2.63. The number of rotatable bonds is 0. The maximum atomic E-state index is 11.7. The number of carbonyl (C=O) groups excluding carboxylic acids is 2. The van der Waals surface area contributed by atoms with Crippen molar-refractivity contribution in [3.8, 4) is 0 Å². The molecule has 6 nitrogen and oxygen atoms in total. The molecule has 0 spiro atoms. The van der Waals surface area contributed by atoms with E-state index < -0.39 is 5.41 Å². The fourth-order valence-electron chi connectivity index (χ4n) is 2.63. The summed E-state index contributed by atoms with van der Waals surface area (Å²) in [6, 6.07) is 0. The maximum Gasteiger partial charge on any atom is 0.226 e. The van der Waals surface area contributed by atoms with E-state index in [2.05, 4.69) is 20.6 Å².